The zero-order valence-corrected chi connectivity index (χ0v) is 16.1. The van der Waals surface area contributed by atoms with Gasteiger partial charge in [0, 0.05) is 25.3 Å². The van der Waals surface area contributed by atoms with Crippen LogP contribution in [0.4, 0.5) is 4.79 Å². The standard InChI is InChI=1S/C20H27N3O4/c1-4-27-19(24)17-16(12-23-7-9-26-10-8-23)21-20(25)22-18(17)15-6-5-13(2)11-14(15)3/h5-6,11,18H,4,7-10,12H2,1-3H3,(H2,21,22,25)/t18-/m1/s1. The van der Waals surface area contributed by atoms with Crippen molar-refractivity contribution >= 4 is 12.0 Å². The van der Waals surface area contributed by atoms with Crippen molar-refractivity contribution in [3.8, 4) is 0 Å². The van der Waals surface area contributed by atoms with E-state index in [2.05, 4.69) is 15.5 Å². The SMILES string of the molecule is CCOC(=O)C1=C(CN2CCOCC2)NC(=O)N[C@@H]1c1ccc(C)cc1C. The number of ether oxygens (including phenoxy) is 2. The van der Waals surface area contributed by atoms with E-state index < -0.39 is 12.0 Å². The van der Waals surface area contributed by atoms with E-state index in [-0.39, 0.29) is 12.6 Å². The van der Waals surface area contributed by atoms with Crippen LogP contribution in [-0.2, 0) is 14.3 Å². The van der Waals surface area contributed by atoms with Crippen LogP contribution < -0.4 is 10.6 Å². The van der Waals surface area contributed by atoms with E-state index >= 15 is 0 Å². The number of hydrogen-bond acceptors (Lipinski definition) is 5. The Labute approximate surface area is 159 Å². The molecular formula is C20H27N3O4. The Morgan fingerprint density at radius 2 is 2.04 bits per heavy atom. The smallest absolute Gasteiger partial charge is 0.338 e. The molecule has 0 aliphatic carbocycles. The fourth-order valence-electron chi connectivity index (χ4n) is 3.56. The van der Waals surface area contributed by atoms with Gasteiger partial charge < -0.3 is 20.1 Å². The summed E-state index contributed by atoms with van der Waals surface area (Å²) in [5, 5.41) is 5.73. The molecule has 1 aromatic carbocycles. The number of urea groups is 1. The second kappa shape index (κ2) is 8.54. The number of esters is 1. The van der Waals surface area contributed by atoms with Crippen LogP contribution in [-0.4, -0.2) is 56.4 Å². The van der Waals surface area contributed by atoms with Crippen LogP contribution in [0.3, 0.4) is 0 Å². The molecule has 0 spiro atoms. The lowest BCUT2D eigenvalue weighted by atomic mass is 9.91. The highest BCUT2D eigenvalue weighted by molar-refractivity contribution is 5.95. The number of aryl methyl sites for hydroxylation is 2. The van der Waals surface area contributed by atoms with Crippen LogP contribution in [0.1, 0.15) is 29.7 Å². The van der Waals surface area contributed by atoms with Crippen LogP contribution in [0.2, 0.25) is 0 Å². The van der Waals surface area contributed by atoms with Crippen molar-refractivity contribution in [1.29, 1.82) is 0 Å². The minimum absolute atomic E-state index is 0.278. The van der Waals surface area contributed by atoms with Crippen molar-refractivity contribution < 1.29 is 19.1 Å². The number of morpholine rings is 1. The van der Waals surface area contributed by atoms with Gasteiger partial charge in [-0.15, -0.1) is 0 Å². The highest BCUT2D eigenvalue weighted by atomic mass is 16.5. The Hall–Kier alpha value is -2.38. The third-order valence-electron chi connectivity index (χ3n) is 4.87. The number of carbonyl (C=O) groups excluding carboxylic acids is 2. The molecule has 7 nitrogen and oxygen atoms in total. The summed E-state index contributed by atoms with van der Waals surface area (Å²) in [5.41, 5.74) is 4.12. The van der Waals surface area contributed by atoms with Crippen LogP contribution in [0, 0.1) is 13.8 Å². The minimum Gasteiger partial charge on any atom is -0.463 e. The van der Waals surface area contributed by atoms with Crippen molar-refractivity contribution in [1.82, 2.24) is 15.5 Å². The summed E-state index contributed by atoms with van der Waals surface area (Å²) in [6.45, 7) is 9.36. The second-order valence-electron chi connectivity index (χ2n) is 6.89. The topological polar surface area (TPSA) is 79.9 Å². The zero-order valence-electron chi connectivity index (χ0n) is 16.1. The number of nitrogens with zero attached hydrogens (tertiary/aromatic N) is 1. The molecule has 2 aliphatic heterocycles. The third-order valence-corrected chi connectivity index (χ3v) is 4.87. The molecule has 0 aromatic heterocycles. The van der Waals surface area contributed by atoms with Crippen molar-refractivity contribution in [3.05, 3.63) is 46.2 Å². The first-order valence-electron chi connectivity index (χ1n) is 9.34. The van der Waals surface area contributed by atoms with Gasteiger partial charge in [0.2, 0.25) is 0 Å². The average molecular weight is 373 g/mol. The Bertz CT molecular complexity index is 754. The lowest BCUT2D eigenvalue weighted by molar-refractivity contribution is -0.139. The number of benzene rings is 1. The normalized spacial score (nSPS) is 20.9. The zero-order chi connectivity index (χ0) is 19.4. The number of amides is 2. The summed E-state index contributed by atoms with van der Waals surface area (Å²) in [6, 6.07) is 5.16. The number of carbonyl (C=O) groups is 2. The maximum absolute atomic E-state index is 12.8. The Kier molecular flexibility index (Phi) is 6.13. The number of nitrogens with one attached hydrogen (secondary N) is 2. The van der Waals surface area contributed by atoms with E-state index in [0.717, 1.165) is 29.8 Å². The molecule has 1 saturated heterocycles. The molecule has 2 heterocycles. The largest absolute Gasteiger partial charge is 0.463 e. The summed E-state index contributed by atoms with van der Waals surface area (Å²) < 4.78 is 10.7. The Morgan fingerprint density at radius 1 is 1.30 bits per heavy atom. The lowest BCUT2D eigenvalue weighted by Crippen LogP contribution is -2.49. The summed E-state index contributed by atoms with van der Waals surface area (Å²) in [4.78, 5) is 27.3. The Morgan fingerprint density at radius 3 is 2.70 bits per heavy atom. The van der Waals surface area contributed by atoms with E-state index in [0.29, 0.717) is 31.0 Å². The molecule has 1 fully saturated rings. The molecule has 27 heavy (non-hydrogen) atoms. The molecule has 2 amide bonds. The molecule has 2 N–H and O–H groups in total. The van der Waals surface area contributed by atoms with Gasteiger partial charge in [-0.3, -0.25) is 4.90 Å². The molecule has 0 unspecified atom stereocenters. The highest BCUT2D eigenvalue weighted by Crippen LogP contribution is 2.30. The fourth-order valence-corrected chi connectivity index (χ4v) is 3.56. The molecule has 3 rings (SSSR count). The van der Waals surface area contributed by atoms with Crippen molar-refractivity contribution in [3.63, 3.8) is 0 Å². The van der Waals surface area contributed by atoms with Gasteiger partial charge in [-0.1, -0.05) is 23.8 Å². The van der Waals surface area contributed by atoms with Crippen molar-refractivity contribution in [2.24, 2.45) is 0 Å². The molecule has 1 aromatic rings. The summed E-state index contributed by atoms with van der Waals surface area (Å²) >= 11 is 0. The minimum atomic E-state index is -0.533. The molecule has 1 atom stereocenters. The van der Waals surface area contributed by atoms with E-state index in [9.17, 15) is 9.59 Å². The monoisotopic (exact) mass is 373 g/mol. The second-order valence-corrected chi connectivity index (χ2v) is 6.89. The first kappa shape index (κ1) is 19.4. The quantitative estimate of drug-likeness (QED) is 0.770. The molecule has 2 aliphatic rings. The predicted molar refractivity (Wildman–Crippen MR) is 101 cm³/mol. The van der Waals surface area contributed by atoms with Crippen LogP contribution >= 0.6 is 0 Å². The number of hydrogen-bond donors (Lipinski definition) is 2. The average Bonchev–Trinajstić information content (AvgIpc) is 2.62. The summed E-state index contributed by atoms with van der Waals surface area (Å²) in [5.74, 6) is -0.404. The Balaban J connectivity index is 2.01. The van der Waals surface area contributed by atoms with Gasteiger partial charge in [0.25, 0.3) is 0 Å². The van der Waals surface area contributed by atoms with Crippen LogP contribution in [0.15, 0.2) is 29.5 Å². The maximum atomic E-state index is 12.8. The lowest BCUT2D eigenvalue weighted by Gasteiger charge is -2.33. The highest BCUT2D eigenvalue weighted by Gasteiger charge is 2.35. The first-order chi connectivity index (χ1) is 13.0. The third kappa shape index (κ3) is 4.48. The van der Waals surface area contributed by atoms with Gasteiger partial charge >= 0.3 is 12.0 Å². The summed E-state index contributed by atoms with van der Waals surface area (Å²) in [7, 11) is 0. The number of rotatable bonds is 5. The molecular weight excluding hydrogens is 346 g/mol. The van der Waals surface area contributed by atoms with Gasteiger partial charge in [-0.05, 0) is 31.9 Å². The van der Waals surface area contributed by atoms with E-state index in [1.54, 1.807) is 6.92 Å². The van der Waals surface area contributed by atoms with Crippen LogP contribution in [0.5, 0.6) is 0 Å². The van der Waals surface area contributed by atoms with Gasteiger partial charge in [0.05, 0.1) is 31.4 Å². The fraction of sp³-hybridized carbons (Fsp3) is 0.500. The van der Waals surface area contributed by atoms with Crippen molar-refractivity contribution in [2.75, 3.05) is 39.5 Å². The van der Waals surface area contributed by atoms with Gasteiger partial charge in [-0.2, -0.15) is 0 Å². The van der Waals surface area contributed by atoms with E-state index in [4.69, 9.17) is 9.47 Å². The predicted octanol–water partition coefficient (Wildman–Crippen LogP) is 1.81. The summed E-state index contributed by atoms with van der Waals surface area (Å²) in [6.07, 6.45) is 0. The molecule has 0 bridgehead atoms. The van der Waals surface area contributed by atoms with E-state index in [1.807, 2.05) is 32.0 Å². The molecule has 146 valence electrons. The van der Waals surface area contributed by atoms with Gasteiger partial charge in [0.1, 0.15) is 0 Å². The maximum Gasteiger partial charge on any atom is 0.338 e. The molecule has 0 saturated carbocycles. The van der Waals surface area contributed by atoms with E-state index in [1.165, 1.54) is 0 Å². The van der Waals surface area contributed by atoms with Crippen molar-refractivity contribution in [2.45, 2.75) is 26.8 Å². The first-order valence-corrected chi connectivity index (χ1v) is 9.34. The van der Waals surface area contributed by atoms with Gasteiger partial charge in [-0.25, -0.2) is 9.59 Å². The van der Waals surface area contributed by atoms with Crippen LogP contribution in [0.25, 0.3) is 0 Å². The van der Waals surface area contributed by atoms with Gasteiger partial charge in [0.15, 0.2) is 0 Å². The molecule has 0 radical (unpaired) electrons. The molecule has 7 heteroatoms.